The minimum Gasteiger partial charge on any atom is -0.492 e. The maximum Gasteiger partial charge on any atom is 0.236 e. The standard InChI is InChI=1S/C19H28BrN3O2/c20-17-5-4-6-18(15-17)25-14-13-21-9-11-22(12-10-21)16-19(24)23-7-2-1-3-8-23/h4-6,15H,1-3,7-14,16H2. The first kappa shape index (κ1) is 18.7. The molecular weight excluding hydrogens is 382 g/mol. The van der Waals surface area contributed by atoms with Gasteiger partial charge < -0.3 is 9.64 Å². The maximum atomic E-state index is 12.4. The van der Waals surface area contributed by atoms with Crippen LogP contribution in [-0.4, -0.2) is 79.6 Å². The Morgan fingerprint density at radius 3 is 2.44 bits per heavy atom. The molecule has 5 nitrogen and oxygen atoms in total. The Balaban J connectivity index is 1.32. The van der Waals surface area contributed by atoms with Crippen LogP contribution in [0.1, 0.15) is 19.3 Å². The second kappa shape index (κ2) is 9.55. The van der Waals surface area contributed by atoms with E-state index in [9.17, 15) is 4.79 Å². The zero-order chi connectivity index (χ0) is 17.5. The average Bonchev–Trinajstić information content (AvgIpc) is 2.64. The number of benzene rings is 1. The van der Waals surface area contributed by atoms with E-state index in [1.54, 1.807) is 0 Å². The second-order valence-corrected chi connectivity index (χ2v) is 7.78. The molecule has 0 aromatic heterocycles. The number of likely N-dealkylation sites (tertiary alicyclic amines) is 1. The number of nitrogens with zero attached hydrogens (tertiary/aromatic N) is 3. The minimum atomic E-state index is 0.311. The zero-order valence-electron chi connectivity index (χ0n) is 14.8. The van der Waals surface area contributed by atoms with Crippen molar-refractivity contribution in [3.05, 3.63) is 28.7 Å². The van der Waals surface area contributed by atoms with Gasteiger partial charge in [-0.15, -0.1) is 0 Å². The van der Waals surface area contributed by atoms with E-state index in [2.05, 4.69) is 25.7 Å². The number of hydrogen-bond donors (Lipinski definition) is 0. The summed E-state index contributed by atoms with van der Waals surface area (Å²) in [5.74, 6) is 1.21. The molecule has 2 saturated heterocycles. The summed E-state index contributed by atoms with van der Waals surface area (Å²) in [7, 11) is 0. The zero-order valence-corrected chi connectivity index (χ0v) is 16.4. The number of carbonyl (C=O) groups is 1. The van der Waals surface area contributed by atoms with Crippen molar-refractivity contribution in [1.29, 1.82) is 0 Å². The third kappa shape index (κ3) is 5.97. The molecule has 0 bridgehead atoms. The molecule has 2 aliphatic heterocycles. The molecule has 1 aromatic rings. The molecule has 0 N–H and O–H groups in total. The van der Waals surface area contributed by atoms with Crippen LogP contribution >= 0.6 is 15.9 Å². The molecule has 25 heavy (non-hydrogen) atoms. The average molecular weight is 410 g/mol. The molecular formula is C19H28BrN3O2. The van der Waals surface area contributed by atoms with Gasteiger partial charge in [0.2, 0.25) is 5.91 Å². The Bertz CT molecular complexity index is 555. The predicted molar refractivity (Wildman–Crippen MR) is 103 cm³/mol. The van der Waals surface area contributed by atoms with E-state index in [-0.39, 0.29) is 0 Å². The smallest absolute Gasteiger partial charge is 0.236 e. The summed E-state index contributed by atoms with van der Waals surface area (Å²) in [4.78, 5) is 19.1. The van der Waals surface area contributed by atoms with Gasteiger partial charge in [0.1, 0.15) is 12.4 Å². The summed E-state index contributed by atoms with van der Waals surface area (Å²) in [6.45, 7) is 8.07. The highest BCUT2D eigenvalue weighted by atomic mass is 79.9. The molecule has 0 spiro atoms. The van der Waals surface area contributed by atoms with Crippen molar-refractivity contribution in [2.24, 2.45) is 0 Å². The topological polar surface area (TPSA) is 36.0 Å². The van der Waals surface area contributed by atoms with Gasteiger partial charge in [-0.05, 0) is 37.5 Å². The summed E-state index contributed by atoms with van der Waals surface area (Å²) in [5, 5.41) is 0. The van der Waals surface area contributed by atoms with Gasteiger partial charge >= 0.3 is 0 Å². The van der Waals surface area contributed by atoms with E-state index in [0.29, 0.717) is 19.1 Å². The Morgan fingerprint density at radius 1 is 1.00 bits per heavy atom. The molecule has 2 heterocycles. The molecule has 1 aromatic carbocycles. The van der Waals surface area contributed by atoms with Crippen LogP contribution in [0, 0.1) is 0 Å². The molecule has 0 aliphatic carbocycles. The first-order valence-corrected chi connectivity index (χ1v) is 10.1. The van der Waals surface area contributed by atoms with Gasteiger partial charge in [-0.2, -0.15) is 0 Å². The van der Waals surface area contributed by atoms with E-state index < -0.39 is 0 Å². The highest BCUT2D eigenvalue weighted by molar-refractivity contribution is 9.10. The Labute approximate surface area is 159 Å². The van der Waals surface area contributed by atoms with E-state index in [0.717, 1.165) is 68.9 Å². The highest BCUT2D eigenvalue weighted by Gasteiger charge is 2.22. The number of ether oxygens (including phenoxy) is 1. The van der Waals surface area contributed by atoms with E-state index in [1.807, 2.05) is 29.2 Å². The minimum absolute atomic E-state index is 0.311. The van der Waals surface area contributed by atoms with Crippen LogP contribution < -0.4 is 4.74 Å². The van der Waals surface area contributed by atoms with Gasteiger partial charge in [-0.3, -0.25) is 14.6 Å². The molecule has 0 radical (unpaired) electrons. The third-order valence-corrected chi connectivity index (χ3v) is 5.50. The molecule has 2 fully saturated rings. The Hall–Kier alpha value is -1.11. The lowest BCUT2D eigenvalue weighted by molar-refractivity contribution is -0.133. The fourth-order valence-electron chi connectivity index (χ4n) is 3.45. The number of amides is 1. The van der Waals surface area contributed by atoms with Gasteiger partial charge in [0.05, 0.1) is 6.54 Å². The van der Waals surface area contributed by atoms with Crippen LogP contribution in [0.5, 0.6) is 5.75 Å². The number of hydrogen-bond acceptors (Lipinski definition) is 4. The molecule has 138 valence electrons. The van der Waals surface area contributed by atoms with Gasteiger partial charge in [0.15, 0.2) is 0 Å². The van der Waals surface area contributed by atoms with Crippen LogP contribution in [-0.2, 0) is 4.79 Å². The molecule has 0 atom stereocenters. The second-order valence-electron chi connectivity index (χ2n) is 6.87. The molecule has 6 heteroatoms. The summed E-state index contributed by atoms with van der Waals surface area (Å²) < 4.78 is 6.85. The van der Waals surface area contributed by atoms with Crippen LogP contribution in [0.2, 0.25) is 0 Å². The van der Waals surface area contributed by atoms with Crippen LogP contribution in [0.4, 0.5) is 0 Å². The number of carbonyl (C=O) groups excluding carboxylic acids is 1. The first-order chi connectivity index (χ1) is 12.2. The lowest BCUT2D eigenvalue weighted by Gasteiger charge is -2.36. The lowest BCUT2D eigenvalue weighted by atomic mass is 10.1. The number of halogens is 1. The summed E-state index contributed by atoms with van der Waals surface area (Å²) >= 11 is 3.46. The highest BCUT2D eigenvalue weighted by Crippen LogP contribution is 2.17. The quantitative estimate of drug-likeness (QED) is 0.722. The van der Waals surface area contributed by atoms with Crippen molar-refractivity contribution in [3.63, 3.8) is 0 Å². The SMILES string of the molecule is O=C(CN1CCN(CCOc2cccc(Br)c2)CC1)N1CCCCC1. The number of piperidine rings is 1. The van der Waals surface area contributed by atoms with Crippen LogP contribution in [0.3, 0.4) is 0 Å². The van der Waals surface area contributed by atoms with Crippen molar-refractivity contribution in [2.75, 3.05) is 59.0 Å². The van der Waals surface area contributed by atoms with Crippen molar-refractivity contribution in [2.45, 2.75) is 19.3 Å². The van der Waals surface area contributed by atoms with Crippen molar-refractivity contribution < 1.29 is 9.53 Å². The van der Waals surface area contributed by atoms with Crippen LogP contribution in [0.25, 0.3) is 0 Å². The molecule has 3 rings (SSSR count). The van der Waals surface area contributed by atoms with Crippen molar-refractivity contribution in [1.82, 2.24) is 14.7 Å². The van der Waals surface area contributed by atoms with E-state index >= 15 is 0 Å². The van der Waals surface area contributed by atoms with E-state index in [4.69, 9.17) is 4.74 Å². The molecule has 1 amide bonds. The normalized spacial score (nSPS) is 19.8. The molecule has 0 unspecified atom stereocenters. The monoisotopic (exact) mass is 409 g/mol. The largest absolute Gasteiger partial charge is 0.492 e. The number of rotatable bonds is 6. The summed E-state index contributed by atoms with van der Waals surface area (Å²) in [5.41, 5.74) is 0. The number of piperazine rings is 1. The van der Waals surface area contributed by atoms with Crippen molar-refractivity contribution in [3.8, 4) is 5.75 Å². The predicted octanol–water partition coefficient (Wildman–Crippen LogP) is 2.46. The lowest BCUT2D eigenvalue weighted by Crippen LogP contribution is -2.51. The first-order valence-electron chi connectivity index (χ1n) is 9.31. The van der Waals surface area contributed by atoms with Gasteiger partial charge in [0, 0.05) is 50.3 Å². The Kier molecular flexibility index (Phi) is 7.13. The fourth-order valence-corrected chi connectivity index (χ4v) is 3.83. The maximum absolute atomic E-state index is 12.4. The van der Waals surface area contributed by atoms with Gasteiger partial charge in [0.25, 0.3) is 0 Å². The fraction of sp³-hybridized carbons (Fsp3) is 0.632. The van der Waals surface area contributed by atoms with Crippen LogP contribution in [0.15, 0.2) is 28.7 Å². The molecule has 0 saturated carbocycles. The van der Waals surface area contributed by atoms with Crippen molar-refractivity contribution >= 4 is 21.8 Å². The summed E-state index contributed by atoms with van der Waals surface area (Å²) in [6.07, 6.45) is 3.60. The summed E-state index contributed by atoms with van der Waals surface area (Å²) in [6, 6.07) is 7.95. The van der Waals surface area contributed by atoms with E-state index in [1.165, 1.54) is 6.42 Å². The third-order valence-electron chi connectivity index (χ3n) is 5.00. The molecule has 2 aliphatic rings. The Morgan fingerprint density at radius 2 is 1.72 bits per heavy atom. The van der Waals surface area contributed by atoms with Gasteiger partial charge in [-0.1, -0.05) is 22.0 Å². The van der Waals surface area contributed by atoms with Gasteiger partial charge in [-0.25, -0.2) is 0 Å².